The van der Waals surface area contributed by atoms with E-state index in [0.717, 1.165) is 11.3 Å². The Morgan fingerprint density at radius 1 is 1.12 bits per heavy atom. The first kappa shape index (κ1) is 31.1. The molecule has 0 saturated heterocycles. The van der Waals surface area contributed by atoms with Crippen LogP contribution in [0, 0.1) is 0 Å². The van der Waals surface area contributed by atoms with Crippen molar-refractivity contribution >= 4 is 52.5 Å². The van der Waals surface area contributed by atoms with E-state index in [1.165, 1.54) is 30.9 Å². The Morgan fingerprint density at radius 3 is 2.36 bits per heavy atom. The molecule has 42 heavy (non-hydrogen) atoms. The van der Waals surface area contributed by atoms with Gasteiger partial charge in [0.05, 0.1) is 40.1 Å². The number of methoxy groups -OCH3 is 2. The Kier molecular flexibility index (Phi) is 9.65. The summed E-state index contributed by atoms with van der Waals surface area (Å²) in [5.41, 5.74) is 1.52. The summed E-state index contributed by atoms with van der Waals surface area (Å²) in [4.78, 5) is 45.6. The highest BCUT2D eigenvalue weighted by molar-refractivity contribution is 7.07. The van der Waals surface area contributed by atoms with Crippen molar-refractivity contribution in [2.75, 3.05) is 33.9 Å². The second-order valence-corrected chi connectivity index (χ2v) is 11.0. The van der Waals surface area contributed by atoms with Crippen LogP contribution >= 0.6 is 34.5 Å². The molecule has 3 aromatic rings. The molecule has 1 amide bonds. The second kappa shape index (κ2) is 13.0. The second-order valence-electron chi connectivity index (χ2n) is 9.16. The minimum absolute atomic E-state index is 0.0274. The highest BCUT2D eigenvalue weighted by atomic mass is 35.5. The van der Waals surface area contributed by atoms with E-state index in [1.54, 1.807) is 36.1 Å². The number of allylic oxidation sites excluding steroid dienone is 1. The fourth-order valence-corrected chi connectivity index (χ4v) is 6.37. The molecule has 1 atom stereocenters. The molecule has 0 fully saturated rings. The van der Waals surface area contributed by atoms with Crippen LogP contribution in [0.4, 0.5) is 0 Å². The fourth-order valence-electron chi connectivity index (χ4n) is 4.71. The molecule has 0 unspecified atom stereocenters. The fraction of sp³-hybridized carbons (Fsp3) is 0.310. The quantitative estimate of drug-likeness (QED) is 0.360. The van der Waals surface area contributed by atoms with Crippen LogP contribution in [-0.2, 0) is 9.59 Å². The Labute approximate surface area is 255 Å². The summed E-state index contributed by atoms with van der Waals surface area (Å²) in [5, 5.41) is 9.08. The van der Waals surface area contributed by atoms with Crippen molar-refractivity contribution in [1.29, 1.82) is 0 Å². The number of ether oxygens (including phenoxy) is 3. The Bertz CT molecular complexity index is 1740. The molecule has 0 spiro atoms. The smallest absolute Gasteiger partial charge is 0.341 e. The largest absolute Gasteiger partial charge is 0.497 e. The molecule has 2 aromatic carbocycles. The van der Waals surface area contributed by atoms with Gasteiger partial charge in [0.1, 0.15) is 17.5 Å². The first-order chi connectivity index (χ1) is 20.0. The van der Waals surface area contributed by atoms with Crippen molar-refractivity contribution in [1.82, 2.24) is 9.47 Å². The minimum Gasteiger partial charge on any atom is -0.497 e. The van der Waals surface area contributed by atoms with Crippen molar-refractivity contribution < 1.29 is 28.9 Å². The van der Waals surface area contributed by atoms with Crippen LogP contribution in [0.1, 0.15) is 37.9 Å². The van der Waals surface area contributed by atoms with Gasteiger partial charge >= 0.3 is 5.97 Å². The number of hydrogen-bond acceptors (Lipinski definition) is 8. The number of benzene rings is 2. The Hall–Kier alpha value is -3.80. The van der Waals surface area contributed by atoms with Crippen LogP contribution in [0.25, 0.3) is 6.08 Å². The topological polar surface area (TPSA) is 120 Å². The molecule has 13 heteroatoms. The van der Waals surface area contributed by atoms with Gasteiger partial charge in [-0.3, -0.25) is 14.2 Å². The van der Waals surface area contributed by atoms with Crippen molar-refractivity contribution in [3.63, 3.8) is 0 Å². The van der Waals surface area contributed by atoms with E-state index in [0.29, 0.717) is 56.3 Å². The molecule has 10 nitrogen and oxygen atoms in total. The van der Waals surface area contributed by atoms with E-state index in [1.807, 2.05) is 13.8 Å². The van der Waals surface area contributed by atoms with Crippen LogP contribution in [0.2, 0.25) is 10.0 Å². The molecule has 1 aliphatic heterocycles. The number of aromatic nitrogens is 1. The van der Waals surface area contributed by atoms with Crippen molar-refractivity contribution in [3.8, 4) is 17.2 Å². The molecule has 1 aliphatic rings. The number of aliphatic carboxylic acids is 1. The molecule has 1 aromatic heterocycles. The molecule has 0 saturated carbocycles. The van der Waals surface area contributed by atoms with Gasteiger partial charge in [-0.05, 0) is 62.7 Å². The number of amides is 1. The van der Waals surface area contributed by atoms with E-state index in [2.05, 4.69) is 4.99 Å². The summed E-state index contributed by atoms with van der Waals surface area (Å²) in [6.07, 6.45) is 1.60. The van der Waals surface area contributed by atoms with E-state index >= 15 is 0 Å². The molecule has 0 aliphatic carbocycles. The molecule has 0 radical (unpaired) electrons. The number of nitrogens with zero attached hydrogens (tertiary/aromatic N) is 3. The zero-order valence-corrected chi connectivity index (χ0v) is 25.9. The third-order valence-electron chi connectivity index (χ3n) is 6.69. The highest BCUT2D eigenvalue weighted by Crippen LogP contribution is 2.38. The summed E-state index contributed by atoms with van der Waals surface area (Å²) in [6.45, 7) is 5.88. The van der Waals surface area contributed by atoms with Crippen molar-refractivity contribution in [3.05, 3.63) is 82.5 Å². The van der Waals surface area contributed by atoms with Crippen molar-refractivity contribution in [2.24, 2.45) is 4.99 Å². The van der Waals surface area contributed by atoms with E-state index in [9.17, 15) is 14.4 Å². The number of fused-ring (bicyclic) bond motifs is 1. The number of carbonyl (C=O) groups excluding carboxylic acids is 1. The summed E-state index contributed by atoms with van der Waals surface area (Å²) >= 11 is 13.8. The van der Waals surface area contributed by atoms with Crippen molar-refractivity contribution in [2.45, 2.75) is 26.8 Å². The van der Waals surface area contributed by atoms with E-state index in [4.69, 9.17) is 42.5 Å². The van der Waals surface area contributed by atoms with Gasteiger partial charge < -0.3 is 24.2 Å². The first-order valence-corrected chi connectivity index (χ1v) is 14.5. The molecule has 1 N–H and O–H groups in total. The van der Waals surface area contributed by atoms with E-state index in [-0.39, 0.29) is 27.3 Å². The average molecular weight is 635 g/mol. The van der Waals surface area contributed by atoms with Gasteiger partial charge in [-0.15, -0.1) is 0 Å². The van der Waals surface area contributed by atoms with Gasteiger partial charge in [0, 0.05) is 18.7 Å². The standard InChI is InChI=1S/C29H29Cl2N3O7S/c1-6-33(7-2)28(38)24-15(3)32-29-34(25(24)18-13-17(39-4)8-9-21(18)40-5)27(37)22(42-29)12-16-10-19(30)26(20(31)11-16)41-14-23(35)36/h8-13,25H,6-7,14H2,1-5H3,(H,35,36)/b22-12+/t25-/m1/s1. The first-order valence-electron chi connectivity index (χ1n) is 12.9. The number of rotatable bonds is 10. The normalized spacial score (nSPS) is 14.7. The molecule has 4 rings (SSSR count). The third kappa shape index (κ3) is 6.04. The van der Waals surface area contributed by atoms with Gasteiger partial charge in [0.2, 0.25) is 0 Å². The predicted molar refractivity (Wildman–Crippen MR) is 161 cm³/mol. The number of carbonyl (C=O) groups is 2. The lowest BCUT2D eigenvalue weighted by Gasteiger charge is -2.30. The van der Waals surface area contributed by atoms with Gasteiger partial charge in [0.15, 0.2) is 17.2 Å². The van der Waals surface area contributed by atoms with Crippen LogP contribution in [0.3, 0.4) is 0 Å². The maximum atomic E-state index is 14.1. The number of carboxylic acid groups (broad SMARTS) is 1. The van der Waals surface area contributed by atoms with E-state index < -0.39 is 18.6 Å². The number of hydrogen-bond donors (Lipinski definition) is 1. The lowest BCUT2D eigenvalue weighted by atomic mass is 9.93. The summed E-state index contributed by atoms with van der Waals surface area (Å²) < 4.78 is 18.1. The predicted octanol–water partition coefficient (Wildman–Crippen LogP) is 3.89. The van der Waals surface area contributed by atoms with Crippen LogP contribution in [0.5, 0.6) is 17.2 Å². The zero-order chi connectivity index (χ0) is 30.7. The van der Waals surface area contributed by atoms with Gasteiger partial charge in [-0.2, -0.15) is 0 Å². The monoisotopic (exact) mass is 633 g/mol. The average Bonchev–Trinajstić information content (AvgIpc) is 3.25. The SMILES string of the molecule is CCN(CC)C(=O)C1=C(C)N=c2s/c(=C/c3cc(Cl)c(OCC(=O)O)c(Cl)c3)c(=O)n2[C@@H]1c1cc(OC)ccc1OC. The van der Waals surface area contributed by atoms with Crippen LogP contribution in [-0.4, -0.2) is 60.4 Å². The molecule has 0 bridgehead atoms. The highest BCUT2D eigenvalue weighted by Gasteiger charge is 2.36. The molecule has 2 heterocycles. The number of carboxylic acids is 1. The lowest BCUT2D eigenvalue weighted by Crippen LogP contribution is -2.43. The van der Waals surface area contributed by atoms with Gasteiger partial charge in [-0.1, -0.05) is 34.5 Å². The third-order valence-corrected chi connectivity index (χ3v) is 8.24. The molecule has 222 valence electrons. The minimum atomic E-state index is -1.18. The zero-order valence-electron chi connectivity index (χ0n) is 23.6. The summed E-state index contributed by atoms with van der Waals surface area (Å²) in [6, 6.07) is 7.42. The maximum Gasteiger partial charge on any atom is 0.341 e. The number of thiazole rings is 1. The molecular weight excluding hydrogens is 605 g/mol. The van der Waals surface area contributed by atoms with Crippen LogP contribution < -0.4 is 29.1 Å². The lowest BCUT2D eigenvalue weighted by molar-refractivity contribution is -0.139. The number of halogens is 2. The number of likely N-dealkylation sites (N-methyl/N-ethyl adjacent to an activating group) is 1. The summed E-state index contributed by atoms with van der Waals surface area (Å²) in [7, 11) is 3.06. The maximum absolute atomic E-state index is 14.1. The Morgan fingerprint density at radius 2 is 1.79 bits per heavy atom. The van der Waals surface area contributed by atoms with Gasteiger partial charge in [0.25, 0.3) is 11.5 Å². The molecular formula is C29H29Cl2N3O7S. The Balaban J connectivity index is 1.95. The summed E-state index contributed by atoms with van der Waals surface area (Å²) in [5.74, 6) is -0.374. The van der Waals surface area contributed by atoms with Crippen LogP contribution in [0.15, 0.2) is 51.4 Å². The van der Waals surface area contributed by atoms with Gasteiger partial charge in [-0.25, -0.2) is 9.79 Å².